The molecule has 5 nitrogen and oxygen atoms in total. The number of aryl methyl sites for hydroxylation is 1. The standard InChI is InChI=1S/C14H17BClNO4/c1-8-5-10(16)9-7-12(15(19)20)17(11(9)6-8)13(18)21-14(2,3)4/h5-7,19-20H,1-4H3. The number of aromatic nitrogens is 1. The zero-order chi connectivity index (χ0) is 15.9. The van der Waals surface area contributed by atoms with Gasteiger partial charge in [0.25, 0.3) is 0 Å². The minimum Gasteiger partial charge on any atom is -0.443 e. The van der Waals surface area contributed by atoms with Gasteiger partial charge in [0, 0.05) is 5.39 Å². The van der Waals surface area contributed by atoms with Gasteiger partial charge in [-0.2, -0.15) is 0 Å². The lowest BCUT2D eigenvalue weighted by molar-refractivity contribution is 0.0548. The predicted octanol–water partition coefficient (Wildman–Crippen LogP) is 2.07. The number of benzene rings is 1. The summed E-state index contributed by atoms with van der Waals surface area (Å²) in [6.07, 6.45) is -0.678. The van der Waals surface area contributed by atoms with E-state index in [0.717, 1.165) is 10.1 Å². The normalized spacial score (nSPS) is 11.8. The fourth-order valence-corrected chi connectivity index (χ4v) is 2.44. The Morgan fingerprint density at radius 3 is 2.43 bits per heavy atom. The summed E-state index contributed by atoms with van der Waals surface area (Å²) in [5.74, 6) is 0. The van der Waals surface area contributed by atoms with Gasteiger partial charge in [-0.05, 0) is 51.5 Å². The molecule has 0 amide bonds. The van der Waals surface area contributed by atoms with Gasteiger partial charge in [0.05, 0.1) is 16.1 Å². The van der Waals surface area contributed by atoms with E-state index < -0.39 is 18.8 Å². The molecule has 0 aliphatic carbocycles. The molecule has 0 unspecified atom stereocenters. The van der Waals surface area contributed by atoms with Crippen molar-refractivity contribution in [3.8, 4) is 0 Å². The number of carbonyl (C=O) groups excluding carboxylic acids is 1. The van der Waals surface area contributed by atoms with Gasteiger partial charge < -0.3 is 14.8 Å². The summed E-state index contributed by atoms with van der Waals surface area (Å²) in [5.41, 5.74) is 0.664. The topological polar surface area (TPSA) is 71.7 Å². The average molecular weight is 310 g/mol. The Hall–Kier alpha value is -1.50. The minimum atomic E-state index is -1.80. The summed E-state index contributed by atoms with van der Waals surface area (Å²) in [6, 6.07) is 4.97. The molecule has 112 valence electrons. The smallest absolute Gasteiger partial charge is 0.443 e. The Balaban J connectivity index is 2.69. The molecule has 1 aromatic heterocycles. The third kappa shape index (κ3) is 3.23. The van der Waals surface area contributed by atoms with Crippen LogP contribution in [0.2, 0.25) is 5.02 Å². The molecule has 1 heterocycles. The van der Waals surface area contributed by atoms with Gasteiger partial charge >= 0.3 is 13.2 Å². The number of fused-ring (bicyclic) bond motifs is 1. The Bertz CT molecular complexity index is 703. The maximum Gasteiger partial charge on any atom is 0.506 e. The van der Waals surface area contributed by atoms with Gasteiger partial charge in [-0.25, -0.2) is 4.79 Å². The molecule has 7 heteroatoms. The SMILES string of the molecule is Cc1cc(Cl)c2cc(B(O)O)n(C(=O)OC(C)(C)C)c2c1. The summed E-state index contributed by atoms with van der Waals surface area (Å²) in [7, 11) is -1.80. The number of rotatable bonds is 1. The number of halogens is 1. The van der Waals surface area contributed by atoms with Crippen LogP contribution in [0.3, 0.4) is 0 Å². The van der Waals surface area contributed by atoms with Crippen LogP contribution in [0, 0.1) is 6.92 Å². The van der Waals surface area contributed by atoms with Crippen LogP contribution in [-0.4, -0.2) is 33.4 Å². The maximum atomic E-state index is 12.4. The molecule has 0 fully saturated rings. The molecular formula is C14H17BClNO4. The Morgan fingerprint density at radius 2 is 1.90 bits per heavy atom. The van der Waals surface area contributed by atoms with E-state index in [1.165, 1.54) is 6.07 Å². The fraction of sp³-hybridized carbons (Fsp3) is 0.357. The number of ether oxygens (including phenoxy) is 1. The first-order valence-electron chi connectivity index (χ1n) is 6.51. The second-order valence-electron chi connectivity index (χ2n) is 5.94. The van der Waals surface area contributed by atoms with Crippen LogP contribution in [0.1, 0.15) is 26.3 Å². The Kier molecular flexibility index (Phi) is 4.06. The molecule has 0 radical (unpaired) electrons. The first-order chi connectivity index (χ1) is 9.60. The third-order valence-corrected chi connectivity index (χ3v) is 3.20. The van der Waals surface area contributed by atoms with E-state index in [2.05, 4.69) is 0 Å². The highest BCUT2D eigenvalue weighted by Gasteiger charge is 2.27. The van der Waals surface area contributed by atoms with Gasteiger partial charge in [-0.15, -0.1) is 0 Å². The van der Waals surface area contributed by atoms with Crippen LogP contribution in [0.25, 0.3) is 10.9 Å². The van der Waals surface area contributed by atoms with Crippen LogP contribution in [-0.2, 0) is 4.74 Å². The van der Waals surface area contributed by atoms with E-state index in [1.54, 1.807) is 32.9 Å². The van der Waals surface area contributed by atoms with Crippen LogP contribution in [0.5, 0.6) is 0 Å². The summed E-state index contributed by atoms with van der Waals surface area (Å²) in [6.45, 7) is 7.06. The molecule has 0 spiro atoms. The highest BCUT2D eigenvalue weighted by Crippen LogP contribution is 2.26. The Labute approximate surface area is 128 Å². The lowest BCUT2D eigenvalue weighted by atomic mass is 9.86. The van der Waals surface area contributed by atoms with Crippen molar-refractivity contribution >= 4 is 41.3 Å². The quantitative estimate of drug-likeness (QED) is 0.791. The lowest BCUT2D eigenvalue weighted by Gasteiger charge is -2.21. The predicted molar refractivity (Wildman–Crippen MR) is 83.1 cm³/mol. The van der Waals surface area contributed by atoms with Crippen molar-refractivity contribution in [2.24, 2.45) is 0 Å². The van der Waals surface area contributed by atoms with Crippen LogP contribution >= 0.6 is 11.6 Å². The third-order valence-electron chi connectivity index (χ3n) is 2.88. The van der Waals surface area contributed by atoms with Crippen molar-refractivity contribution in [2.75, 3.05) is 0 Å². The average Bonchev–Trinajstić information content (AvgIpc) is 2.66. The van der Waals surface area contributed by atoms with Crippen molar-refractivity contribution < 1.29 is 19.6 Å². The molecule has 0 saturated carbocycles. The molecule has 0 atom stereocenters. The highest BCUT2D eigenvalue weighted by atomic mass is 35.5. The molecule has 0 aliphatic heterocycles. The van der Waals surface area contributed by atoms with Gasteiger partial charge in [0.2, 0.25) is 0 Å². The van der Waals surface area contributed by atoms with E-state index in [-0.39, 0.29) is 5.59 Å². The molecule has 0 bridgehead atoms. The first kappa shape index (κ1) is 15.9. The van der Waals surface area contributed by atoms with Crippen molar-refractivity contribution in [3.63, 3.8) is 0 Å². The number of hydrogen-bond acceptors (Lipinski definition) is 4. The van der Waals surface area contributed by atoms with E-state index >= 15 is 0 Å². The molecular weight excluding hydrogens is 292 g/mol. The van der Waals surface area contributed by atoms with Crippen molar-refractivity contribution in [1.82, 2.24) is 4.57 Å². The van der Waals surface area contributed by atoms with Gasteiger partial charge in [-0.3, -0.25) is 4.57 Å². The van der Waals surface area contributed by atoms with E-state index in [4.69, 9.17) is 16.3 Å². The number of hydrogen-bond donors (Lipinski definition) is 2. The molecule has 2 rings (SSSR count). The van der Waals surface area contributed by atoms with Crippen LogP contribution in [0.15, 0.2) is 18.2 Å². The molecule has 1 aromatic carbocycles. The number of carbonyl (C=O) groups is 1. The molecule has 2 N–H and O–H groups in total. The van der Waals surface area contributed by atoms with E-state index in [9.17, 15) is 14.8 Å². The Morgan fingerprint density at radius 1 is 1.29 bits per heavy atom. The van der Waals surface area contributed by atoms with Crippen LogP contribution in [0.4, 0.5) is 4.79 Å². The second-order valence-corrected chi connectivity index (χ2v) is 6.35. The largest absolute Gasteiger partial charge is 0.506 e. The zero-order valence-electron chi connectivity index (χ0n) is 12.3. The molecule has 0 aliphatic rings. The molecule has 0 saturated heterocycles. The van der Waals surface area contributed by atoms with Crippen molar-refractivity contribution in [2.45, 2.75) is 33.3 Å². The zero-order valence-corrected chi connectivity index (χ0v) is 13.1. The van der Waals surface area contributed by atoms with Crippen molar-refractivity contribution in [1.29, 1.82) is 0 Å². The molecule has 2 aromatic rings. The second kappa shape index (κ2) is 5.37. The summed E-state index contributed by atoms with van der Waals surface area (Å²) >= 11 is 6.16. The van der Waals surface area contributed by atoms with Gasteiger partial charge in [-0.1, -0.05) is 11.6 Å². The van der Waals surface area contributed by atoms with Crippen molar-refractivity contribution in [3.05, 3.63) is 28.8 Å². The first-order valence-corrected chi connectivity index (χ1v) is 6.89. The molecule has 21 heavy (non-hydrogen) atoms. The summed E-state index contributed by atoms with van der Waals surface area (Å²) in [4.78, 5) is 12.4. The minimum absolute atomic E-state index is 0.0201. The fourth-order valence-electron chi connectivity index (χ4n) is 2.12. The van der Waals surface area contributed by atoms with Crippen LogP contribution < -0.4 is 5.59 Å². The van der Waals surface area contributed by atoms with E-state index in [1.807, 2.05) is 6.92 Å². The summed E-state index contributed by atoms with van der Waals surface area (Å²) in [5, 5.41) is 20.0. The number of nitrogens with zero attached hydrogens (tertiary/aromatic N) is 1. The summed E-state index contributed by atoms with van der Waals surface area (Å²) < 4.78 is 6.46. The monoisotopic (exact) mass is 309 g/mol. The van der Waals surface area contributed by atoms with Gasteiger partial charge in [0.1, 0.15) is 5.60 Å². The lowest BCUT2D eigenvalue weighted by Crippen LogP contribution is -2.41. The maximum absolute atomic E-state index is 12.4. The van der Waals surface area contributed by atoms with Gasteiger partial charge in [0.15, 0.2) is 0 Å². The highest BCUT2D eigenvalue weighted by molar-refractivity contribution is 6.59. The van der Waals surface area contributed by atoms with E-state index in [0.29, 0.717) is 15.9 Å².